The maximum atomic E-state index is 14.5. The van der Waals surface area contributed by atoms with Gasteiger partial charge in [0.25, 0.3) is 11.7 Å². The Bertz CT molecular complexity index is 2260. The Morgan fingerprint density at radius 2 is 1.62 bits per heavy atom. The summed E-state index contributed by atoms with van der Waals surface area (Å²) in [4.78, 5) is 75.5. The third kappa shape index (κ3) is 16.1. The number of fused-ring (bicyclic) bond motifs is 3. The Balaban J connectivity index is 1.49. The Morgan fingerprint density at radius 1 is 0.892 bits per heavy atom. The van der Waals surface area contributed by atoms with Crippen LogP contribution in [0.25, 0.3) is 10.4 Å². The highest BCUT2D eigenvalue weighted by molar-refractivity contribution is 6.39. The van der Waals surface area contributed by atoms with Gasteiger partial charge in [-0.3, -0.25) is 19.2 Å². The van der Waals surface area contributed by atoms with E-state index in [1.54, 1.807) is 65.1 Å². The predicted molar refractivity (Wildman–Crippen MR) is 278 cm³/mol. The first-order valence-corrected chi connectivity index (χ1v) is 26.6. The number of cyclic esters (lactones) is 1. The van der Waals surface area contributed by atoms with E-state index in [1.165, 1.54) is 12.0 Å². The van der Waals surface area contributed by atoms with Crippen LogP contribution >= 0.6 is 0 Å². The molecule has 17 nitrogen and oxygen atoms in total. The molecule has 15 atom stereocenters. The molecule has 0 radical (unpaired) electrons. The number of nitrogens with zero attached hydrogens (tertiary/aromatic N) is 4. The van der Waals surface area contributed by atoms with Gasteiger partial charge < -0.3 is 43.9 Å². The summed E-state index contributed by atoms with van der Waals surface area (Å²) in [6.07, 6.45) is 10.3. The highest BCUT2D eigenvalue weighted by Gasteiger charge is 2.53. The first-order chi connectivity index (χ1) is 35.2. The number of benzene rings is 1. The van der Waals surface area contributed by atoms with Crippen molar-refractivity contribution in [3.05, 3.63) is 87.9 Å². The highest BCUT2D eigenvalue weighted by atomic mass is 16.6. The topological polar surface area (TPSA) is 244 Å². The number of ether oxygens (including phenoxy) is 5. The molecule has 3 fully saturated rings. The fourth-order valence-corrected chi connectivity index (χ4v) is 10.9. The van der Waals surface area contributed by atoms with Gasteiger partial charge in [0.15, 0.2) is 5.78 Å². The highest BCUT2D eigenvalue weighted by Crippen LogP contribution is 2.38. The Kier molecular flexibility index (Phi) is 23.0. The van der Waals surface area contributed by atoms with Gasteiger partial charge in [-0.25, -0.2) is 4.79 Å². The van der Waals surface area contributed by atoms with Crippen LogP contribution in [0.2, 0.25) is 0 Å². The molecule has 74 heavy (non-hydrogen) atoms. The van der Waals surface area contributed by atoms with Gasteiger partial charge in [-0.15, -0.1) is 0 Å². The third-order valence-electron chi connectivity index (χ3n) is 15.7. The van der Waals surface area contributed by atoms with Crippen LogP contribution in [-0.2, 0) is 54.3 Å². The van der Waals surface area contributed by atoms with Crippen molar-refractivity contribution in [3.8, 4) is 0 Å². The molecule has 408 valence electrons. The number of hydrogen-bond acceptors (Lipinski definition) is 14. The zero-order valence-electron chi connectivity index (χ0n) is 45.0. The molecule has 1 aromatic carbocycles. The molecule has 0 unspecified atom stereocenters. The third-order valence-corrected chi connectivity index (χ3v) is 15.7. The van der Waals surface area contributed by atoms with Gasteiger partial charge in [0, 0.05) is 62.0 Å². The minimum Gasteiger partial charge on any atom is -0.460 e. The van der Waals surface area contributed by atoms with E-state index in [-0.39, 0.29) is 67.8 Å². The molecule has 0 aromatic heterocycles. The van der Waals surface area contributed by atoms with Crippen molar-refractivity contribution in [3.63, 3.8) is 0 Å². The fourth-order valence-electron chi connectivity index (χ4n) is 10.9. The zero-order chi connectivity index (χ0) is 54.3. The number of esters is 1. The van der Waals surface area contributed by atoms with Gasteiger partial charge in [0.05, 0.1) is 31.0 Å². The van der Waals surface area contributed by atoms with Gasteiger partial charge >= 0.3 is 5.97 Å². The minimum atomic E-state index is -2.51. The smallest absolute Gasteiger partial charge is 0.329 e. The number of carbonyl (C=O) groups excluding carboxylic acids is 5. The number of piperidine rings is 1. The van der Waals surface area contributed by atoms with Crippen LogP contribution in [0.1, 0.15) is 131 Å². The maximum absolute atomic E-state index is 14.5. The summed E-state index contributed by atoms with van der Waals surface area (Å²) in [6, 6.07) is 5.77. The molecule has 1 saturated carbocycles. The van der Waals surface area contributed by atoms with E-state index < -0.39 is 83.9 Å². The second-order valence-electron chi connectivity index (χ2n) is 21.5. The maximum Gasteiger partial charge on any atom is 0.329 e. The van der Waals surface area contributed by atoms with Crippen LogP contribution in [0, 0.1) is 35.5 Å². The van der Waals surface area contributed by atoms with Crippen molar-refractivity contribution in [1.82, 2.24) is 4.90 Å². The molecule has 1 amide bonds. The van der Waals surface area contributed by atoms with Gasteiger partial charge in [-0.2, -0.15) is 0 Å². The standard InChI is InChI=1S/C57H82N4O13/c1-34-15-11-10-12-16-35(2)48(72-33-41-19-22-43(23-20-41)59-60-58)31-44-24-18-40(7)57(69,74-44)54(66)55(67)61-26-14-13-17-45(61)56(68)73-49(37(4)29-42-21-25-46(62)50(30-42)70-8)32-47(63)36(3)28-39(6)52(65)53(71-9)51(64)38(5)27-34/h10-12,15-16,19-20,22-23,28,34,36-38,40,42,44-46,48-50,52-53,62,65,69H,13-14,17-18,21,24-27,29-33H2,1-9H3/b12-10+,15-11+,35-16+,39-28+/t34-,36-,37-,38-,40-,42+,44+,45+,46-,48+,49+,50-,52-,53+,57-/m1/s1. The number of aliphatic hydroxyl groups excluding tert-OH is 2. The summed E-state index contributed by atoms with van der Waals surface area (Å²) in [5.41, 5.74) is 11.3. The van der Waals surface area contributed by atoms with Gasteiger partial charge in [-0.1, -0.05) is 100 Å². The van der Waals surface area contributed by atoms with Crippen molar-refractivity contribution < 1.29 is 63.0 Å². The van der Waals surface area contributed by atoms with E-state index in [0.29, 0.717) is 69.0 Å². The van der Waals surface area contributed by atoms with Crippen LogP contribution in [0.5, 0.6) is 0 Å². The molecule has 0 spiro atoms. The molecule has 17 heteroatoms. The molecule has 2 saturated heterocycles. The van der Waals surface area contributed by atoms with E-state index in [2.05, 4.69) is 10.0 Å². The number of hydrogen-bond donors (Lipinski definition) is 3. The average Bonchev–Trinajstić information content (AvgIpc) is 3.38. The zero-order valence-corrected chi connectivity index (χ0v) is 45.0. The number of azide groups is 1. The summed E-state index contributed by atoms with van der Waals surface area (Å²) in [7, 11) is 2.93. The van der Waals surface area contributed by atoms with E-state index >= 15 is 0 Å². The molecule has 4 aliphatic rings. The number of ketones is 3. The summed E-state index contributed by atoms with van der Waals surface area (Å²) in [5, 5.41) is 37.9. The average molecular weight is 1030 g/mol. The molecule has 1 aliphatic carbocycles. The normalized spacial score (nSPS) is 36.7. The van der Waals surface area contributed by atoms with Gasteiger partial charge in [0.2, 0.25) is 5.79 Å². The lowest BCUT2D eigenvalue weighted by Crippen LogP contribution is -2.61. The Hall–Kier alpha value is -4.84. The number of Topliss-reactive ketones (excluding diaryl/α,β-unsaturated/α-hetero) is 3. The summed E-state index contributed by atoms with van der Waals surface area (Å²) in [5.74, 6) is -8.39. The van der Waals surface area contributed by atoms with Crippen molar-refractivity contribution in [1.29, 1.82) is 0 Å². The summed E-state index contributed by atoms with van der Waals surface area (Å²) in [6.45, 7) is 12.8. The van der Waals surface area contributed by atoms with E-state index in [4.69, 9.17) is 29.2 Å². The SMILES string of the molecule is CO[C@@H]1C[C@H](C[C@@H](C)[C@@H]2CC(=O)[C@H](C)/C=C(\C)[C@@H](O)[C@@H](OC)C(=O)[C@H](C)C[C@H](C)/C=C/C=C/C=C(\C)[C@@H](OCc3ccc(N=[N+]=[N-])cc3)C[C@@H]3CC[C@@H](C)[C@@](O)(O3)C(=O)C(=O)N3CCCC[C@H]3C(=O)O2)CC[C@H]1O. The Morgan fingerprint density at radius 3 is 2.31 bits per heavy atom. The largest absolute Gasteiger partial charge is 0.460 e. The van der Waals surface area contributed by atoms with Crippen LogP contribution in [0.4, 0.5) is 5.69 Å². The predicted octanol–water partition coefficient (Wildman–Crippen LogP) is 8.69. The lowest BCUT2D eigenvalue weighted by Gasteiger charge is -2.43. The first-order valence-electron chi connectivity index (χ1n) is 26.6. The van der Waals surface area contributed by atoms with Crippen LogP contribution in [0.15, 0.2) is 77.0 Å². The number of rotatable bonds is 9. The van der Waals surface area contributed by atoms with Crippen LogP contribution in [-0.4, -0.2) is 125 Å². The number of amides is 1. The summed E-state index contributed by atoms with van der Waals surface area (Å²) < 4.78 is 30.3. The van der Waals surface area contributed by atoms with E-state index in [0.717, 1.165) is 11.1 Å². The second-order valence-corrected chi connectivity index (χ2v) is 21.5. The number of aliphatic hydroxyl groups is 3. The fraction of sp³-hybridized carbons (Fsp3) is 0.667. The monoisotopic (exact) mass is 1030 g/mol. The van der Waals surface area contributed by atoms with Crippen molar-refractivity contribution >= 4 is 34.9 Å². The van der Waals surface area contributed by atoms with Gasteiger partial charge in [-0.05, 0) is 118 Å². The molecule has 2 bridgehead atoms. The first kappa shape index (κ1) is 60.0. The lowest BCUT2D eigenvalue weighted by molar-refractivity contribution is -0.266. The Labute approximate surface area is 437 Å². The minimum absolute atomic E-state index is 0.0274. The molecule has 3 N–H and O–H groups in total. The van der Waals surface area contributed by atoms with E-state index in [9.17, 15) is 39.3 Å². The molecule has 3 aliphatic heterocycles. The number of methoxy groups -OCH3 is 2. The van der Waals surface area contributed by atoms with Gasteiger partial charge in [0.1, 0.15) is 30.1 Å². The second kappa shape index (κ2) is 28.3. The van der Waals surface area contributed by atoms with Crippen LogP contribution < -0.4 is 0 Å². The molecular weight excluding hydrogens is 949 g/mol. The number of allylic oxidation sites excluding steroid dienone is 6. The van der Waals surface area contributed by atoms with Crippen molar-refractivity contribution in [2.24, 2.45) is 40.6 Å². The molecule has 5 rings (SSSR count). The molecule has 1 aromatic rings. The van der Waals surface area contributed by atoms with Crippen molar-refractivity contribution in [2.45, 2.75) is 187 Å². The number of carbonyl (C=O) groups is 5. The summed E-state index contributed by atoms with van der Waals surface area (Å²) >= 11 is 0. The van der Waals surface area contributed by atoms with Crippen LogP contribution in [0.3, 0.4) is 0 Å². The van der Waals surface area contributed by atoms with Crippen molar-refractivity contribution in [2.75, 3.05) is 20.8 Å². The molecular formula is C57H82N4O13. The van der Waals surface area contributed by atoms with E-state index in [1.807, 2.05) is 51.2 Å². The quantitative estimate of drug-likeness (QED) is 0.0524. The lowest BCUT2D eigenvalue weighted by atomic mass is 9.78. The molecule has 3 heterocycles.